The predicted molar refractivity (Wildman–Crippen MR) is 84.4 cm³/mol. The lowest BCUT2D eigenvalue weighted by Crippen LogP contribution is -2.51. The third kappa shape index (κ3) is 4.30. The number of carboxylic acids is 1. The van der Waals surface area contributed by atoms with Crippen molar-refractivity contribution in [3.05, 3.63) is 33.8 Å². The first-order valence-corrected chi connectivity index (χ1v) is 8.01. The van der Waals surface area contributed by atoms with E-state index < -0.39 is 11.5 Å². The molecular formula is C16H20BrNO3. The van der Waals surface area contributed by atoms with Crippen LogP contribution in [0.5, 0.6) is 0 Å². The third-order valence-corrected chi connectivity index (χ3v) is 4.44. The van der Waals surface area contributed by atoms with Gasteiger partial charge in [-0.05, 0) is 43.5 Å². The fourth-order valence-corrected chi connectivity index (χ4v) is 3.65. The van der Waals surface area contributed by atoms with Crippen molar-refractivity contribution in [2.75, 3.05) is 0 Å². The van der Waals surface area contributed by atoms with Crippen LogP contribution in [0.15, 0.2) is 22.7 Å². The summed E-state index contributed by atoms with van der Waals surface area (Å²) in [5.41, 5.74) is 0.958. The van der Waals surface area contributed by atoms with Crippen LogP contribution >= 0.6 is 15.9 Å². The molecular weight excluding hydrogens is 334 g/mol. The maximum atomic E-state index is 12.5. The summed E-state index contributed by atoms with van der Waals surface area (Å²) in [6.07, 6.45) is 4.49. The molecule has 0 atom stereocenters. The van der Waals surface area contributed by atoms with Gasteiger partial charge in [-0.3, -0.25) is 9.59 Å². The largest absolute Gasteiger partial charge is 0.481 e. The van der Waals surface area contributed by atoms with E-state index in [2.05, 4.69) is 21.2 Å². The highest BCUT2D eigenvalue weighted by Gasteiger charge is 2.36. The zero-order valence-electron chi connectivity index (χ0n) is 12.1. The Kier molecular flexibility index (Phi) is 5.04. The van der Waals surface area contributed by atoms with Gasteiger partial charge >= 0.3 is 5.97 Å². The van der Waals surface area contributed by atoms with E-state index in [1.165, 1.54) is 0 Å². The molecule has 0 heterocycles. The number of nitrogens with one attached hydrogen (secondary N) is 1. The fraction of sp³-hybridized carbons (Fsp3) is 0.500. The van der Waals surface area contributed by atoms with Crippen LogP contribution in [0.2, 0.25) is 0 Å². The number of rotatable bonds is 4. The van der Waals surface area contributed by atoms with E-state index in [0.717, 1.165) is 42.1 Å². The fourth-order valence-electron chi connectivity index (χ4n) is 3.04. The molecule has 1 amide bonds. The summed E-state index contributed by atoms with van der Waals surface area (Å²) >= 11 is 3.39. The van der Waals surface area contributed by atoms with Crippen molar-refractivity contribution in [1.29, 1.82) is 0 Å². The van der Waals surface area contributed by atoms with E-state index in [1.807, 2.05) is 19.1 Å². The smallest absolute Gasteiger partial charge is 0.305 e. The Balaban J connectivity index is 2.19. The van der Waals surface area contributed by atoms with Gasteiger partial charge in [0, 0.05) is 10.0 Å². The Morgan fingerprint density at radius 1 is 1.24 bits per heavy atom. The topological polar surface area (TPSA) is 66.4 Å². The third-order valence-electron chi connectivity index (χ3n) is 3.98. The first-order chi connectivity index (χ1) is 9.90. The minimum Gasteiger partial charge on any atom is -0.481 e. The van der Waals surface area contributed by atoms with E-state index in [0.29, 0.717) is 5.56 Å². The monoisotopic (exact) mass is 353 g/mol. The van der Waals surface area contributed by atoms with Crippen LogP contribution in [0, 0.1) is 6.92 Å². The van der Waals surface area contributed by atoms with Crippen molar-refractivity contribution >= 4 is 27.8 Å². The van der Waals surface area contributed by atoms with Crippen LogP contribution < -0.4 is 5.32 Å². The zero-order valence-corrected chi connectivity index (χ0v) is 13.7. The molecule has 4 nitrogen and oxygen atoms in total. The Morgan fingerprint density at radius 3 is 2.48 bits per heavy atom. The van der Waals surface area contributed by atoms with Gasteiger partial charge in [0.25, 0.3) is 5.91 Å². The van der Waals surface area contributed by atoms with Crippen LogP contribution in [0.3, 0.4) is 0 Å². The van der Waals surface area contributed by atoms with Gasteiger partial charge in [-0.15, -0.1) is 0 Å². The van der Waals surface area contributed by atoms with Gasteiger partial charge in [0.2, 0.25) is 0 Å². The lowest BCUT2D eigenvalue weighted by atomic mass is 9.79. The molecule has 1 aromatic carbocycles. The van der Waals surface area contributed by atoms with E-state index in [-0.39, 0.29) is 12.3 Å². The molecule has 2 N–H and O–H groups in total. The molecule has 0 aromatic heterocycles. The maximum absolute atomic E-state index is 12.5. The van der Waals surface area contributed by atoms with Crippen molar-refractivity contribution in [3.8, 4) is 0 Å². The van der Waals surface area contributed by atoms with E-state index in [1.54, 1.807) is 6.07 Å². The number of amides is 1. The average Bonchev–Trinajstić information content (AvgIpc) is 2.37. The molecule has 1 aliphatic rings. The molecule has 2 rings (SSSR count). The van der Waals surface area contributed by atoms with Crippen LogP contribution in [0.1, 0.15) is 54.4 Å². The molecule has 1 fully saturated rings. The number of hydrogen-bond acceptors (Lipinski definition) is 2. The number of carboxylic acid groups (broad SMARTS) is 1. The number of aliphatic carboxylic acids is 1. The maximum Gasteiger partial charge on any atom is 0.305 e. The zero-order chi connectivity index (χ0) is 15.5. The summed E-state index contributed by atoms with van der Waals surface area (Å²) in [5.74, 6) is -1.05. The van der Waals surface area contributed by atoms with Crippen LogP contribution in [0.25, 0.3) is 0 Å². The van der Waals surface area contributed by atoms with Crippen LogP contribution in [-0.4, -0.2) is 22.5 Å². The highest BCUT2D eigenvalue weighted by Crippen LogP contribution is 2.31. The SMILES string of the molecule is Cc1cc(Br)cc(C(=O)NC2(CC(=O)O)CCCCC2)c1. The van der Waals surface area contributed by atoms with Crippen molar-refractivity contribution in [2.24, 2.45) is 0 Å². The Bertz CT molecular complexity index is 530. The normalized spacial score (nSPS) is 17.2. The number of carbonyl (C=O) groups is 2. The molecule has 0 radical (unpaired) electrons. The molecule has 0 aliphatic heterocycles. The van der Waals surface area contributed by atoms with E-state index >= 15 is 0 Å². The molecule has 1 saturated carbocycles. The van der Waals surface area contributed by atoms with Gasteiger partial charge in [-0.1, -0.05) is 35.2 Å². The lowest BCUT2D eigenvalue weighted by molar-refractivity contribution is -0.139. The molecule has 21 heavy (non-hydrogen) atoms. The lowest BCUT2D eigenvalue weighted by Gasteiger charge is -2.37. The summed E-state index contributed by atoms with van der Waals surface area (Å²) in [5, 5.41) is 12.1. The second kappa shape index (κ2) is 6.60. The van der Waals surface area contributed by atoms with E-state index in [4.69, 9.17) is 5.11 Å². The van der Waals surface area contributed by atoms with Crippen molar-refractivity contribution in [2.45, 2.75) is 51.0 Å². The Labute approximate surface area is 133 Å². The standard InChI is InChI=1S/C16H20BrNO3/c1-11-7-12(9-13(17)8-11)15(21)18-16(10-14(19)20)5-3-2-4-6-16/h7-9H,2-6,10H2,1H3,(H,18,21)(H,19,20). The second-order valence-electron chi connectivity index (χ2n) is 5.88. The van der Waals surface area contributed by atoms with Gasteiger partial charge in [-0.2, -0.15) is 0 Å². The molecule has 1 aromatic rings. The van der Waals surface area contributed by atoms with E-state index in [9.17, 15) is 9.59 Å². The van der Waals surface area contributed by atoms with Gasteiger partial charge in [0.1, 0.15) is 0 Å². The van der Waals surface area contributed by atoms with Crippen LogP contribution in [0.4, 0.5) is 0 Å². The first kappa shape index (κ1) is 16.0. The summed E-state index contributed by atoms with van der Waals surface area (Å²) in [6, 6.07) is 5.52. The van der Waals surface area contributed by atoms with Gasteiger partial charge in [-0.25, -0.2) is 0 Å². The summed E-state index contributed by atoms with van der Waals surface area (Å²) in [4.78, 5) is 23.6. The molecule has 0 bridgehead atoms. The highest BCUT2D eigenvalue weighted by molar-refractivity contribution is 9.10. The van der Waals surface area contributed by atoms with Crippen molar-refractivity contribution in [1.82, 2.24) is 5.32 Å². The average molecular weight is 354 g/mol. The summed E-state index contributed by atoms with van der Waals surface area (Å²) in [7, 11) is 0. The minimum atomic E-state index is -0.859. The highest BCUT2D eigenvalue weighted by atomic mass is 79.9. The Morgan fingerprint density at radius 2 is 1.90 bits per heavy atom. The summed E-state index contributed by atoms with van der Waals surface area (Å²) in [6.45, 7) is 1.93. The summed E-state index contributed by atoms with van der Waals surface area (Å²) < 4.78 is 0.851. The molecule has 0 saturated heterocycles. The number of benzene rings is 1. The minimum absolute atomic E-state index is 0.00821. The number of hydrogen-bond donors (Lipinski definition) is 2. The number of halogens is 1. The van der Waals surface area contributed by atoms with Gasteiger partial charge < -0.3 is 10.4 Å². The second-order valence-corrected chi connectivity index (χ2v) is 6.80. The van der Waals surface area contributed by atoms with Gasteiger partial charge in [0.15, 0.2) is 0 Å². The first-order valence-electron chi connectivity index (χ1n) is 7.22. The van der Waals surface area contributed by atoms with Crippen LogP contribution in [-0.2, 0) is 4.79 Å². The number of aryl methyl sites for hydroxylation is 1. The Hall–Kier alpha value is -1.36. The molecule has 0 unspecified atom stereocenters. The molecule has 114 valence electrons. The predicted octanol–water partition coefficient (Wildman–Crippen LogP) is 3.66. The van der Waals surface area contributed by atoms with Gasteiger partial charge in [0.05, 0.1) is 12.0 Å². The van der Waals surface area contributed by atoms with Crippen molar-refractivity contribution < 1.29 is 14.7 Å². The molecule has 5 heteroatoms. The number of carbonyl (C=O) groups excluding carboxylic acids is 1. The molecule has 1 aliphatic carbocycles. The van der Waals surface area contributed by atoms with Crippen molar-refractivity contribution in [3.63, 3.8) is 0 Å². The molecule has 0 spiro atoms. The quantitative estimate of drug-likeness (QED) is 0.867.